The number of nitrogens with zero attached hydrogens (tertiary/aromatic N) is 1. The number of hydrogen-bond acceptors (Lipinski definition) is 4. The van der Waals surface area contributed by atoms with Gasteiger partial charge >= 0.3 is 0 Å². The van der Waals surface area contributed by atoms with Crippen LogP contribution in [0, 0.1) is 5.92 Å². The molecular formula is C15H22N2O3S. The number of rotatable bonds is 3. The monoisotopic (exact) mass is 310 g/mol. The topological polar surface area (TPSA) is 80.5 Å². The lowest BCUT2D eigenvalue weighted by Crippen LogP contribution is -2.45. The van der Waals surface area contributed by atoms with E-state index < -0.39 is 9.84 Å². The highest BCUT2D eigenvalue weighted by molar-refractivity contribution is 7.90. The Labute approximate surface area is 126 Å². The highest BCUT2D eigenvalue weighted by atomic mass is 32.2. The van der Waals surface area contributed by atoms with E-state index in [1.165, 1.54) is 6.07 Å². The molecule has 0 bridgehead atoms. The van der Waals surface area contributed by atoms with Gasteiger partial charge in [-0.2, -0.15) is 0 Å². The van der Waals surface area contributed by atoms with Crippen LogP contribution in [0.2, 0.25) is 0 Å². The Hall–Kier alpha value is -1.40. The first kappa shape index (κ1) is 16.0. The lowest BCUT2D eigenvalue weighted by Gasteiger charge is -2.35. The standard InChI is InChI=1S/C15H22N2O3S/c1-11(16)12-6-5-9-17(10-12)15(18)13-7-3-4-8-14(13)21(2,19)20/h3-4,7-8,11-12H,5-6,9-10,16H2,1-2H3/t11-,12+/m1/s1. The van der Waals surface area contributed by atoms with Crippen LogP contribution >= 0.6 is 0 Å². The van der Waals surface area contributed by atoms with Crippen LogP contribution in [0.25, 0.3) is 0 Å². The molecule has 1 heterocycles. The molecule has 1 amide bonds. The van der Waals surface area contributed by atoms with E-state index in [4.69, 9.17) is 5.73 Å². The van der Waals surface area contributed by atoms with Crippen LogP contribution in [-0.2, 0) is 9.84 Å². The van der Waals surface area contributed by atoms with Crippen molar-refractivity contribution < 1.29 is 13.2 Å². The average Bonchev–Trinajstić information content (AvgIpc) is 2.45. The van der Waals surface area contributed by atoms with Gasteiger partial charge in [-0.25, -0.2) is 8.42 Å². The fourth-order valence-corrected chi connectivity index (χ4v) is 3.64. The molecule has 0 aliphatic carbocycles. The molecule has 1 saturated heterocycles. The minimum Gasteiger partial charge on any atom is -0.338 e. The molecule has 21 heavy (non-hydrogen) atoms. The number of nitrogens with two attached hydrogens (primary N) is 1. The third-order valence-electron chi connectivity index (χ3n) is 4.01. The summed E-state index contributed by atoms with van der Waals surface area (Å²) in [7, 11) is -3.42. The molecular weight excluding hydrogens is 288 g/mol. The smallest absolute Gasteiger partial charge is 0.255 e. The van der Waals surface area contributed by atoms with Gasteiger partial charge in [0.25, 0.3) is 5.91 Å². The zero-order chi connectivity index (χ0) is 15.6. The van der Waals surface area contributed by atoms with E-state index in [1.54, 1.807) is 23.1 Å². The summed E-state index contributed by atoms with van der Waals surface area (Å²) in [6.45, 7) is 3.19. The summed E-state index contributed by atoms with van der Waals surface area (Å²) in [6.07, 6.45) is 3.04. The van der Waals surface area contributed by atoms with Crippen molar-refractivity contribution in [2.75, 3.05) is 19.3 Å². The Bertz CT molecular complexity index is 626. The maximum Gasteiger partial charge on any atom is 0.255 e. The molecule has 1 aliphatic heterocycles. The van der Waals surface area contributed by atoms with Gasteiger partial charge in [-0.15, -0.1) is 0 Å². The second-order valence-corrected chi connectivity index (χ2v) is 7.77. The molecule has 2 N–H and O–H groups in total. The Morgan fingerprint density at radius 3 is 2.67 bits per heavy atom. The van der Waals surface area contributed by atoms with Crippen molar-refractivity contribution in [1.82, 2.24) is 4.90 Å². The van der Waals surface area contributed by atoms with Crippen molar-refractivity contribution in [2.45, 2.75) is 30.7 Å². The van der Waals surface area contributed by atoms with Crippen LogP contribution in [0.15, 0.2) is 29.2 Å². The van der Waals surface area contributed by atoms with E-state index in [9.17, 15) is 13.2 Å². The highest BCUT2D eigenvalue weighted by Crippen LogP contribution is 2.23. The molecule has 2 rings (SSSR count). The van der Waals surface area contributed by atoms with Crippen molar-refractivity contribution in [3.8, 4) is 0 Å². The van der Waals surface area contributed by atoms with Gasteiger partial charge in [0.15, 0.2) is 9.84 Å². The Balaban J connectivity index is 2.29. The predicted octanol–water partition coefficient (Wildman–Crippen LogP) is 1.29. The molecule has 0 unspecified atom stereocenters. The first-order chi connectivity index (χ1) is 9.80. The number of piperidine rings is 1. The largest absolute Gasteiger partial charge is 0.338 e. The fraction of sp³-hybridized carbons (Fsp3) is 0.533. The average molecular weight is 310 g/mol. The summed E-state index contributed by atoms with van der Waals surface area (Å²) in [5.41, 5.74) is 6.19. The lowest BCUT2D eigenvalue weighted by atomic mass is 9.92. The molecule has 0 saturated carbocycles. The van der Waals surface area contributed by atoms with Crippen LogP contribution in [-0.4, -0.2) is 44.6 Å². The zero-order valence-electron chi connectivity index (χ0n) is 12.5. The molecule has 116 valence electrons. The maximum atomic E-state index is 12.7. The number of amides is 1. The summed E-state index contributed by atoms with van der Waals surface area (Å²) in [6, 6.07) is 6.41. The summed E-state index contributed by atoms with van der Waals surface area (Å²) < 4.78 is 23.6. The van der Waals surface area contributed by atoms with Gasteiger partial charge in [0.05, 0.1) is 10.5 Å². The van der Waals surface area contributed by atoms with Gasteiger partial charge in [-0.3, -0.25) is 4.79 Å². The molecule has 1 fully saturated rings. The van der Waals surface area contributed by atoms with Crippen LogP contribution in [0.1, 0.15) is 30.1 Å². The molecule has 0 radical (unpaired) electrons. The lowest BCUT2D eigenvalue weighted by molar-refractivity contribution is 0.0657. The second-order valence-electron chi connectivity index (χ2n) is 5.78. The van der Waals surface area contributed by atoms with Gasteiger partial charge in [0, 0.05) is 25.4 Å². The molecule has 0 spiro atoms. The summed E-state index contributed by atoms with van der Waals surface area (Å²) in [5, 5.41) is 0. The Morgan fingerprint density at radius 2 is 2.05 bits per heavy atom. The van der Waals surface area contributed by atoms with Gasteiger partial charge in [-0.05, 0) is 37.8 Å². The van der Waals surface area contributed by atoms with Crippen molar-refractivity contribution in [3.63, 3.8) is 0 Å². The van der Waals surface area contributed by atoms with Crippen molar-refractivity contribution >= 4 is 15.7 Å². The molecule has 5 nitrogen and oxygen atoms in total. The molecule has 2 atom stereocenters. The van der Waals surface area contributed by atoms with Crippen LogP contribution in [0.3, 0.4) is 0 Å². The highest BCUT2D eigenvalue weighted by Gasteiger charge is 2.28. The Kier molecular flexibility index (Phi) is 4.68. The zero-order valence-corrected chi connectivity index (χ0v) is 13.3. The van der Waals surface area contributed by atoms with E-state index in [0.29, 0.717) is 13.1 Å². The Morgan fingerprint density at radius 1 is 1.38 bits per heavy atom. The number of carbonyl (C=O) groups is 1. The molecule has 1 aromatic carbocycles. The molecule has 1 aromatic rings. The quantitative estimate of drug-likeness (QED) is 0.912. The van der Waals surface area contributed by atoms with E-state index in [2.05, 4.69) is 0 Å². The minimum atomic E-state index is -3.42. The van der Waals surface area contributed by atoms with E-state index in [-0.39, 0.29) is 28.3 Å². The summed E-state index contributed by atoms with van der Waals surface area (Å²) in [4.78, 5) is 14.5. The second kappa shape index (κ2) is 6.15. The summed E-state index contributed by atoms with van der Waals surface area (Å²) >= 11 is 0. The SMILES string of the molecule is C[C@@H](N)[C@H]1CCCN(C(=O)c2ccccc2S(C)(=O)=O)C1. The first-order valence-corrected chi connectivity index (χ1v) is 9.04. The third kappa shape index (κ3) is 3.63. The minimum absolute atomic E-state index is 0.0331. The maximum absolute atomic E-state index is 12.7. The van der Waals surface area contributed by atoms with E-state index in [0.717, 1.165) is 19.1 Å². The van der Waals surface area contributed by atoms with Crippen LogP contribution in [0.5, 0.6) is 0 Å². The molecule has 0 aromatic heterocycles. The van der Waals surface area contributed by atoms with Gasteiger partial charge in [-0.1, -0.05) is 12.1 Å². The molecule has 6 heteroatoms. The van der Waals surface area contributed by atoms with Crippen molar-refractivity contribution in [2.24, 2.45) is 11.7 Å². The fourth-order valence-electron chi connectivity index (χ4n) is 2.76. The third-order valence-corrected chi connectivity index (χ3v) is 5.16. The van der Waals surface area contributed by atoms with Crippen molar-refractivity contribution in [3.05, 3.63) is 29.8 Å². The molecule has 1 aliphatic rings. The number of sulfone groups is 1. The number of hydrogen-bond donors (Lipinski definition) is 1. The van der Waals surface area contributed by atoms with Gasteiger partial charge in [0.2, 0.25) is 0 Å². The number of benzene rings is 1. The number of carbonyl (C=O) groups excluding carboxylic acids is 1. The van der Waals surface area contributed by atoms with Crippen LogP contribution in [0.4, 0.5) is 0 Å². The predicted molar refractivity (Wildman–Crippen MR) is 81.8 cm³/mol. The first-order valence-electron chi connectivity index (χ1n) is 7.14. The van der Waals surface area contributed by atoms with Gasteiger partial charge in [0.1, 0.15) is 0 Å². The van der Waals surface area contributed by atoms with Crippen molar-refractivity contribution in [1.29, 1.82) is 0 Å². The number of likely N-dealkylation sites (tertiary alicyclic amines) is 1. The van der Waals surface area contributed by atoms with Gasteiger partial charge < -0.3 is 10.6 Å². The van der Waals surface area contributed by atoms with Crippen LogP contribution < -0.4 is 5.73 Å². The van der Waals surface area contributed by atoms with E-state index >= 15 is 0 Å². The van der Waals surface area contributed by atoms with E-state index in [1.807, 2.05) is 6.92 Å². The summed E-state index contributed by atoms with van der Waals surface area (Å²) in [5.74, 6) is 0.0504. The normalized spacial score (nSPS) is 21.1.